The molecule has 4 unspecified atom stereocenters. The Hall–Kier alpha value is -1.32. The third kappa shape index (κ3) is 3.05. The molecule has 0 aromatic heterocycles. The van der Waals surface area contributed by atoms with Crippen molar-refractivity contribution in [2.45, 2.75) is 65.6 Å². The Balaban J connectivity index is 2.30. The van der Waals surface area contributed by atoms with Gasteiger partial charge in [0.25, 0.3) is 0 Å². The van der Waals surface area contributed by atoms with Crippen LogP contribution in [-0.2, 0) is 19.1 Å². The van der Waals surface area contributed by atoms with Gasteiger partial charge in [0.2, 0.25) is 0 Å². The Labute approximate surface area is 120 Å². The van der Waals surface area contributed by atoms with Crippen molar-refractivity contribution in [3.8, 4) is 0 Å². The van der Waals surface area contributed by atoms with Crippen LogP contribution in [-0.4, -0.2) is 24.1 Å². The van der Waals surface area contributed by atoms with Crippen molar-refractivity contribution in [3.63, 3.8) is 0 Å². The lowest BCUT2D eigenvalue weighted by molar-refractivity contribution is -0.165. The molecule has 0 bridgehead atoms. The second-order valence-electron chi connectivity index (χ2n) is 6.40. The fraction of sp³-hybridized carbons (Fsp3) is 0.750. The zero-order chi connectivity index (χ0) is 14.9. The SMILES string of the molecule is CC(=O)OC1C=C2C(C)CCCC2(C)CC1OC(C)=O. The quantitative estimate of drug-likeness (QED) is 0.576. The zero-order valence-corrected chi connectivity index (χ0v) is 12.8. The van der Waals surface area contributed by atoms with Crippen molar-refractivity contribution in [1.29, 1.82) is 0 Å². The van der Waals surface area contributed by atoms with Crippen LogP contribution in [0.1, 0.15) is 53.4 Å². The van der Waals surface area contributed by atoms with E-state index in [2.05, 4.69) is 13.8 Å². The third-order valence-corrected chi connectivity index (χ3v) is 4.57. The van der Waals surface area contributed by atoms with Gasteiger partial charge in [0.15, 0.2) is 6.10 Å². The number of ether oxygens (including phenoxy) is 2. The second kappa shape index (κ2) is 5.58. The minimum atomic E-state index is -0.444. The van der Waals surface area contributed by atoms with Crippen molar-refractivity contribution in [2.24, 2.45) is 11.3 Å². The van der Waals surface area contributed by atoms with E-state index in [1.807, 2.05) is 6.08 Å². The van der Waals surface area contributed by atoms with Crippen LogP contribution < -0.4 is 0 Å². The molecular formula is C16H24O4. The lowest BCUT2D eigenvalue weighted by Gasteiger charge is -2.46. The van der Waals surface area contributed by atoms with Crippen LogP contribution in [0.2, 0.25) is 0 Å². The molecule has 112 valence electrons. The molecule has 2 rings (SSSR count). The third-order valence-electron chi connectivity index (χ3n) is 4.57. The van der Waals surface area contributed by atoms with Crippen LogP contribution >= 0.6 is 0 Å². The van der Waals surface area contributed by atoms with E-state index in [-0.39, 0.29) is 23.5 Å². The maximum Gasteiger partial charge on any atom is 0.303 e. The fourth-order valence-electron chi connectivity index (χ4n) is 3.75. The van der Waals surface area contributed by atoms with Crippen LogP contribution in [0.25, 0.3) is 0 Å². The summed E-state index contributed by atoms with van der Waals surface area (Å²) in [5, 5.41) is 0. The smallest absolute Gasteiger partial charge is 0.303 e. The molecule has 2 aliphatic carbocycles. The van der Waals surface area contributed by atoms with Crippen LogP contribution in [0.3, 0.4) is 0 Å². The van der Waals surface area contributed by atoms with Gasteiger partial charge in [-0.25, -0.2) is 0 Å². The largest absolute Gasteiger partial charge is 0.458 e. The first-order valence-electron chi connectivity index (χ1n) is 7.38. The van der Waals surface area contributed by atoms with Gasteiger partial charge in [-0.05, 0) is 36.7 Å². The first-order chi connectivity index (χ1) is 9.32. The summed E-state index contributed by atoms with van der Waals surface area (Å²) in [5.74, 6) is -0.155. The zero-order valence-electron chi connectivity index (χ0n) is 12.8. The van der Waals surface area contributed by atoms with Gasteiger partial charge in [-0.2, -0.15) is 0 Å². The molecule has 1 saturated carbocycles. The van der Waals surface area contributed by atoms with Crippen molar-refractivity contribution < 1.29 is 19.1 Å². The molecule has 2 aliphatic rings. The molecular weight excluding hydrogens is 256 g/mol. The minimum absolute atomic E-state index is 0.0639. The number of carbonyl (C=O) groups is 2. The lowest BCUT2D eigenvalue weighted by Crippen LogP contribution is -2.44. The Kier molecular flexibility index (Phi) is 4.21. The molecule has 4 atom stereocenters. The molecule has 1 fully saturated rings. The molecule has 0 saturated heterocycles. The van der Waals surface area contributed by atoms with E-state index in [0.29, 0.717) is 5.92 Å². The number of carbonyl (C=O) groups excluding carboxylic acids is 2. The average molecular weight is 280 g/mol. The fourth-order valence-corrected chi connectivity index (χ4v) is 3.75. The number of hydrogen-bond acceptors (Lipinski definition) is 4. The topological polar surface area (TPSA) is 52.6 Å². The molecule has 20 heavy (non-hydrogen) atoms. The highest BCUT2D eigenvalue weighted by Gasteiger charge is 2.45. The van der Waals surface area contributed by atoms with E-state index in [0.717, 1.165) is 12.8 Å². The number of hydrogen-bond donors (Lipinski definition) is 0. The first kappa shape index (κ1) is 15.1. The van der Waals surface area contributed by atoms with Gasteiger partial charge in [0, 0.05) is 13.8 Å². The van der Waals surface area contributed by atoms with E-state index in [1.54, 1.807) is 0 Å². The normalized spacial score (nSPS) is 36.6. The van der Waals surface area contributed by atoms with Gasteiger partial charge >= 0.3 is 11.9 Å². The van der Waals surface area contributed by atoms with Crippen LogP contribution in [0.5, 0.6) is 0 Å². The van der Waals surface area contributed by atoms with E-state index in [9.17, 15) is 9.59 Å². The molecule has 0 N–H and O–H groups in total. The minimum Gasteiger partial charge on any atom is -0.458 e. The van der Waals surface area contributed by atoms with E-state index >= 15 is 0 Å². The van der Waals surface area contributed by atoms with Crippen LogP contribution in [0.4, 0.5) is 0 Å². The predicted octanol–water partition coefficient (Wildman–Crippen LogP) is 3.01. The van der Waals surface area contributed by atoms with Crippen molar-refractivity contribution in [1.82, 2.24) is 0 Å². The molecule has 4 nitrogen and oxygen atoms in total. The summed E-state index contributed by atoms with van der Waals surface area (Å²) in [6.45, 7) is 7.24. The van der Waals surface area contributed by atoms with Gasteiger partial charge < -0.3 is 9.47 Å². The molecule has 0 aromatic rings. The van der Waals surface area contributed by atoms with Crippen molar-refractivity contribution in [3.05, 3.63) is 11.6 Å². The molecule has 0 radical (unpaired) electrons. The van der Waals surface area contributed by atoms with Gasteiger partial charge in [-0.1, -0.05) is 25.8 Å². The molecule has 4 heteroatoms. The van der Waals surface area contributed by atoms with Gasteiger partial charge in [0.1, 0.15) is 6.10 Å². The summed E-state index contributed by atoms with van der Waals surface area (Å²) in [6, 6.07) is 0. The highest BCUT2D eigenvalue weighted by Crippen LogP contribution is 2.50. The summed E-state index contributed by atoms with van der Waals surface area (Å²) in [6.07, 6.45) is 5.43. The monoisotopic (exact) mass is 280 g/mol. The molecule has 0 aromatic carbocycles. The van der Waals surface area contributed by atoms with Crippen LogP contribution in [0.15, 0.2) is 11.6 Å². The Morgan fingerprint density at radius 1 is 1.25 bits per heavy atom. The summed E-state index contributed by atoms with van der Waals surface area (Å²) in [7, 11) is 0. The van der Waals surface area contributed by atoms with Gasteiger partial charge in [-0.15, -0.1) is 0 Å². The second-order valence-corrected chi connectivity index (χ2v) is 6.40. The number of fused-ring (bicyclic) bond motifs is 1. The van der Waals surface area contributed by atoms with Crippen molar-refractivity contribution in [2.75, 3.05) is 0 Å². The molecule has 0 spiro atoms. The van der Waals surface area contributed by atoms with Gasteiger partial charge in [-0.3, -0.25) is 9.59 Å². The predicted molar refractivity (Wildman–Crippen MR) is 74.9 cm³/mol. The molecule has 0 heterocycles. The number of rotatable bonds is 2. The average Bonchev–Trinajstić information content (AvgIpc) is 2.30. The van der Waals surface area contributed by atoms with Crippen molar-refractivity contribution >= 4 is 11.9 Å². The van der Waals surface area contributed by atoms with Gasteiger partial charge in [0.05, 0.1) is 0 Å². The summed E-state index contributed by atoms with van der Waals surface area (Å²) in [4.78, 5) is 22.6. The maximum atomic E-state index is 11.3. The Morgan fingerprint density at radius 2 is 1.90 bits per heavy atom. The lowest BCUT2D eigenvalue weighted by atomic mass is 9.61. The number of allylic oxidation sites excluding steroid dienone is 1. The number of esters is 2. The van der Waals surface area contributed by atoms with Crippen LogP contribution in [0, 0.1) is 11.3 Å². The van der Waals surface area contributed by atoms with E-state index in [4.69, 9.17) is 9.47 Å². The summed E-state index contributed by atoms with van der Waals surface area (Å²) in [5.41, 5.74) is 1.42. The maximum absolute atomic E-state index is 11.3. The molecule has 0 amide bonds. The standard InChI is InChI=1S/C16H24O4/c1-10-6-5-7-16(4)9-15(20-12(3)18)14(8-13(10)16)19-11(2)17/h8,10,14-15H,5-7,9H2,1-4H3. The first-order valence-corrected chi connectivity index (χ1v) is 7.38. The Bertz CT molecular complexity index is 440. The Morgan fingerprint density at radius 3 is 2.50 bits per heavy atom. The van der Waals surface area contributed by atoms with E-state index in [1.165, 1.54) is 32.3 Å². The highest BCUT2D eigenvalue weighted by atomic mass is 16.6. The van der Waals surface area contributed by atoms with E-state index < -0.39 is 6.10 Å². The highest BCUT2D eigenvalue weighted by molar-refractivity contribution is 5.67. The summed E-state index contributed by atoms with van der Waals surface area (Å²) >= 11 is 0. The summed E-state index contributed by atoms with van der Waals surface area (Å²) < 4.78 is 10.7. The molecule has 0 aliphatic heterocycles.